The Morgan fingerprint density at radius 2 is 2.36 bits per heavy atom. The molecule has 76 valence electrons. The van der Waals surface area contributed by atoms with E-state index in [2.05, 4.69) is 0 Å². The van der Waals surface area contributed by atoms with Crippen LogP contribution in [0.3, 0.4) is 0 Å². The van der Waals surface area contributed by atoms with Gasteiger partial charge in [-0.1, -0.05) is 12.1 Å². The molecule has 0 saturated heterocycles. The number of hydrogen-bond donors (Lipinski definition) is 2. The van der Waals surface area contributed by atoms with Crippen LogP contribution in [0.4, 0.5) is 0 Å². The zero-order chi connectivity index (χ0) is 10.2. The molecule has 1 aromatic rings. The van der Waals surface area contributed by atoms with Gasteiger partial charge < -0.3 is 15.6 Å². The molecule has 0 aromatic heterocycles. The van der Waals surface area contributed by atoms with Crippen LogP contribution in [0.25, 0.3) is 0 Å². The molecule has 14 heavy (non-hydrogen) atoms. The first kappa shape index (κ1) is 9.49. The summed E-state index contributed by atoms with van der Waals surface area (Å²) in [6.07, 6.45) is 1.68. The molecule has 0 bridgehead atoms. The standard InChI is InChI=1S/C11H15NO2/c1-14-10-4-2-3-9-8(10)5-6-11(9,12)7-13/h2-4,13H,5-7,12H2,1H3/t11-/m1/s1. The summed E-state index contributed by atoms with van der Waals surface area (Å²) < 4.78 is 5.26. The van der Waals surface area contributed by atoms with E-state index in [1.54, 1.807) is 7.11 Å². The maximum atomic E-state index is 9.27. The number of methoxy groups -OCH3 is 1. The summed E-state index contributed by atoms with van der Waals surface area (Å²) in [5.41, 5.74) is 7.69. The highest BCUT2D eigenvalue weighted by Crippen LogP contribution is 2.39. The lowest BCUT2D eigenvalue weighted by Crippen LogP contribution is -2.37. The van der Waals surface area contributed by atoms with Gasteiger partial charge in [-0.15, -0.1) is 0 Å². The lowest BCUT2D eigenvalue weighted by atomic mass is 9.94. The first-order valence-electron chi connectivity index (χ1n) is 4.77. The molecule has 0 unspecified atom stereocenters. The maximum Gasteiger partial charge on any atom is 0.122 e. The van der Waals surface area contributed by atoms with E-state index < -0.39 is 5.54 Å². The maximum absolute atomic E-state index is 9.27. The van der Waals surface area contributed by atoms with Crippen molar-refractivity contribution in [3.05, 3.63) is 29.3 Å². The van der Waals surface area contributed by atoms with Gasteiger partial charge in [0.2, 0.25) is 0 Å². The van der Waals surface area contributed by atoms with Crippen LogP contribution in [0.1, 0.15) is 17.5 Å². The van der Waals surface area contributed by atoms with E-state index in [4.69, 9.17) is 10.5 Å². The SMILES string of the molecule is COc1cccc2c1CC[C@@]2(N)CO. The van der Waals surface area contributed by atoms with E-state index in [1.807, 2.05) is 18.2 Å². The summed E-state index contributed by atoms with van der Waals surface area (Å²) in [6, 6.07) is 5.82. The van der Waals surface area contributed by atoms with E-state index in [-0.39, 0.29) is 6.61 Å². The molecule has 3 nitrogen and oxygen atoms in total. The molecule has 1 aromatic carbocycles. The number of nitrogens with two attached hydrogens (primary N) is 1. The van der Waals surface area contributed by atoms with Crippen molar-refractivity contribution in [1.29, 1.82) is 0 Å². The largest absolute Gasteiger partial charge is 0.496 e. The number of rotatable bonds is 2. The van der Waals surface area contributed by atoms with Crippen molar-refractivity contribution >= 4 is 0 Å². The fourth-order valence-corrected chi connectivity index (χ4v) is 2.13. The second-order valence-corrected chi connectivity index (χ2v) is 3.80. The Balaban J connectivity index is 2.52. The van der Waals surface area contributed by atoms with Gasteiger partial charge in [0.25, 0.3) is 0 Å². The molecule has 0 saturated carbocycles. The molecule has 3 N–H and O–H groups in total. The highest BCUT2D eigenvalue weighted by atomic mass is 16.5. The number of fused-ring (bicyclic) bond motifs is 1. The predicted octanol–water partition coefficient (Wildman–Crippen LogP) is 0.788. The molecule has 2 rings (SSSR count). The van der Waals surface area contributed by atoms with Crippen LogP contribution in [-0.4, -0.2) is 18.8 Å². The predicted molar refractivity (Wildman–Crippen MR) is 54.3 cm³/mol. The Kier molecular flexibility index (Phi) is 2.21. The van der Waals surface area contributed by atoms with E-state index in [1.165, 1.54) is 0 Å². The first-order chi connectivity index (χ1) is 6.71. The third-order valence-corrected chi connectivity index (χ3v) is 2.99. The molecular weight excluding hydrogens is 178 g/mol. The quantitative estimate of drug-likeness (QED) is 0.730. The van der Waals surface area contributed by atoms with Crippen LogP contribution in [0, 0.1) is 0 Å². The summed E-state index contributed by atoms with van der Waals surface area (Å²) in [5, 5.41) is 9.27. The zero-order valence-corrected chi connectivity index (χ0v) is 8.29. The van der Waals surface area contributed by atoms with Crippen molar-refractivity contribution in [3.8, 4) is 5.75 Å². The van der Waals surface area contributed by atoms with Crippen LogP contribution in [-0.2, 0) is 12.0 Å². The van der Waals surface area contributed by atoms with Crippen molar-refractivity contribution in [2.45, 2.75) is 18.4 Å². The third-order valence-electron chi connectivity index (χ3n) is 2.99. The smallest absolute Gasteiger partial charge is 0.122 e. The van der Waals surface area contributed by atoms with Crippen LogP contribution < -0.4 is 10.5 Å². The molecule has 0 spiro atoms. The normalized spacial score (nSPS) is 24.8. The molecule has 1 atom stereocenters. The summed E-state index contributed by atoms with van der Waals surface area (Å²) in [7, 11) is 1.66. The summed E-state index contributed by atoms with van der Waals surface area (Å²) in [5.74, 6) is 0.878. The van der Waals surface area contributed by atoms with Crippen LogP contribution in [0.2, 0.25) is 0 Å². The average Bonchev–Trinajstić information content (AvgIpc) is 2.58. The first-order valence-corrected chi connectivity index (χ1v) is 4.77. The minimum Gasteiger partial charge on any atom is -0.496 e. The molecule has 1 aliphatic rings. The Morgan fingerprint density at radius 3 is 3.00 bits per heavy atom. The minimum atomic E-state index is -0.566. The van der Waals surface area contributed by atoms with Gasteiger partial charge in [-0.3, -0.25) is 0 Å². The van der Waals surface area contributed by atoms with Gasteiger partial charge in [-0.2, -0.15) is 0 Å². The number of aliphatic hydroxyl groups excluding tert-OH is 1. The van der Waals surface area contributed by atoms with Crippen LogP contribution >= 0.6 is 0 Å². The molecule has 3 heteroatoms. The van der Waals surface area contributed by atoms with Gasteiger partial charge in [0.1, 0.15) is 5.75 Å². The van der Waals surface area contributed by atoms with E-state index in [0.717, 1.165) is 29.7 Å². The van der Waals surface area contributed by atoms with Crippen LogP contribution in [0.5, 0.6) is 5.75 Å². The molecule has 0 amide bonds. The third kappa shape index (κ3) is 1.21. The fourth-order valence-electron chi connectivity index (χ4n) is 2.13. The van der Waals surface area contributed by atoms with E-state index in [9.17, 15) is 5.11 Å². The molecule has 0 radical (unpaired) electrons. The molecule has 1 aliphatic carbocycles. The van der Waals surface area contributed by atoms with Gasteiger partial charge in [0.15, 0.2) is 0 Å². The Bertz CT molecular complexity index is 351. The van der Waals surface area contributed by atoms with Crippen molar-refractivity contribution < 1.29 is 9.84 Å². The molecular formula is C11H15NO2. The lowest BCUT2D eigenvalue weighted by Gasteiger charge is -2.22. The average molecular weight is 193 g/mol. The van der Waals surface area contributed by atoms with Crippen molar-refractivity contribution in [2.75, 3.05) is 13.7 Å². The van der Waals surface area contributed by atoms with Crippen molar-refractivity contribution in [2.24, 2.45) is 5.73 Å². The Morgan fingerprint density at radius 1 is 1.57 bits per heavy atom. The van der Waals surface area contributed by atoms with E-state index >= 15 is 0 Å². The number of ether oxygens (including phenoxy) is 1. The Labute approximate surface area is 83.5 Å². The van der Waals surface area contributed by atoms with Crippen LogP contribution in [0.15, 0.2) is 18.2 Å². The minimum absolute atomic E-state index is 0.00678. The summed E-state index contributed by atoms with van der Waals surface area (Å²) in [4.78, 5) is 0. The fraction of sp³-hybridized carbons (Fsp3) is 0.455. The number of benzene rings is 1. The highest BCUT2D eigenvalue weighted by molar-refractivity contribution is 5.47. The lowest BCUT2D eigenvalue weighted by molar-refractivity contribution is 0.197. The second-order valence-electron chi connectivity index (χ2n) is 3.80. The summed E-state index contributed by atoms with van der Waals surface area (Å²) >= 11 is 0. The van der Waals surface area contributed by atoms with Gasteiger partial charge in [-0.05, 0) is 30.0 Å². The molecule has 0 fully saturated rings. The Hall–Kier alpha value is -1.06. The highest BCUT2D eigenvalue weighted by Gasteiger charge is 2.35. The van der Waals surface area contributed by atoms with Gasteiger partial charge in [0.05, 0.1) is 19.3 Å². The number of hydrogen-bond acceptors (Lipinski definition) is 3. The van der Waals surface area contributed by atoms with E-state index in [0.29, 0.717) is 0 Å². The molecule has 0 heterocycles. The van der Waals surface area contributed by atoms with Crippen molar-refractivity contribution in [1.82, 2.24) is 0 Å². The number of aliphatic hydroxyl groups is 1. The summed E-state index contributed by atoms with van der Waals surface area (Å²) in [6.45, 7) is -0.00678. The van der Waals surface area contributed by atoms with Crippen molar-refractivity contribution in [3.63, 3.8) is 0 Å². The van der Waals surface area contributed by atoms with Gasteiger partial charge in [0, 0.05) is 0 Å². The topological polar surface area (TPSA) is 55.5 Å². The van der Waals surface area contributed by atoms with Gasteiger partial charge in [-0.25, -0.2) is 0 Å². The molecule has 0 aliphatic heterocycles. The second kappa shape index (κ2) is 3.26. The zero-order valence-electron chi connectivity index (χ0n) is 8.29. The van der Waals surface area contributed by atoms with Gasteiger partial charge >= 0.3 is 0 Å². The monoisotopic (exact) mass is 193 g/mol.